The zero-order valence-corrected chi connectivity index (χ0v) is 14.5. The summed E-state index contributed by atoms with van der Waals surface area (Å²) in [5.74, 6) is -0.648. The number of ether oxygens (including phenoxy) is 1. The predicted molar refractivity (Wildman–Crippen MR) is 88.7 cm³/mol. The van der Waals surface area contributed by atoms with Crippen molar-refractivity contribution < 1.29 is 19.4 Å². The lowest BCUT2D eigenvalue weighted by atomic mass is 10.0. The maximum absolute atomic E-state index is 12.4. The Morgan fingerprint density at radius 1 is 1.35 bits per heavy atom. The van der Waals surface area contributed by atoms with Gasteiger partial charge in [0, 0.05) is 12.2 Å². The molecular formula is C17H28N2O4. The average molecular weight is 324 g/mol. The summed E-state index contributed by atoms with van der Waals surface area (Å²) in [6.07, 6.45) is 3.23. The maximum atomic E-state index is 12.4. The van der Waals surface area contributed by atoms with Crippen molar-refractivity contribution in [1.82, 2.24) is 10.3 Å². The van der Waals surface area contributed by atoms with Gasteiger partial charge in [-0.05, 0) is 38.2 Å². The van der Waals surface area contributed by atoms with Crippen molar-refractivity contribution in [2.45, 2.75) is 59.0 Å². The molecule has 1 unspecified atom stereocenters. The van der Waals surface area contributed by atoms with E-state index in [2.05, 4.69) is 10.3 Å². The lowest BCUT2D eigenvalue weighted by molar-refractivity contribution is 0.0599. The summed E-state index contributed by atoms with van der Waals surface area (Å²) in [6.45, 7) is 6.18. The summed E-state index contributed by atoms with van der Waals surface area (Å²) in [6, 6.07) is 0. The number of aromatic amines is 1. The zero-order valence-electron chi connectivity index (χ0n) is 14.5. The first-order valence-electron chi connectivity index (χ1n) is 8.22. The van der Waals surface area contributed by atoms with Gasteiger partial charge in [-0.3, -0.25) is 4.79 Å². The highest BCUT2D eigenvalue weighted by molar-refractivity contribution is 6.00. The van der Waals surface area contributed by atoms with Crippen LogP contribution in [0.5, 0.6) is 0 Å². The molecule has 1 atom stereocenters. The zero-order chi connectivity index (χ0) is 17.4. The molecule has 0 aliphatic carbocycles. The number of hydrogen-bond acceptors (Lipinski definition) is 4. The van der Waals surface area contributed by atoms with Gasteiger partial charge in [0.1, 0.15) is 5.69 Å². The van der Waals surface area contributed by atoms with Gasteiger partial charge in [0.25, 0.3) is 5.91 Å². The Morgan fingerprint density at radius 2 is 2.04 bits per heavy atom. The topological polar surface area (TPSA) is 91.4 Å². The van der Waals surface area contributed by atoms with Crippen molar-refractivity contribution in [2.75, 3.05) is 13.7 Å². The Balaban J connectivity index is 2.82. The molecule has 0 aliphatic heterocycles. The molecule has 0 spiro atoms. The van der Waals surface area contributed by atoms with Gasteiger partial charge in [-0.2, -0.15) is 0 Å². The second-order valence-electron chi connectivity index (χ2n) is 5.68. The largest absolute Gasteiger partial charge is 0.465 e. The third-order valence-electron chi connectivity index (χ3n) is 3.88. The first-order valence-corrected chi connectivity index (χ1v) is 8.22. The first-order chi connectivity index (χ1) is 11.0. The molecule has 1 amide bonds. The van der Waals surface area contributed by atoms with Crippen molar-refractivity contribution in [3.63, 3.8) is 0 Å². The number of carbonyl (C=O) groups is 2. The SMILES string of the molecule is CCCc1c(C(=O)NCCCC(O)CC)[nH]c(C)c1C(=O)OC. The van der Waals surface area contributed by atoms with E-state index in [4.69, 9.17) is 4.74 Å². The summed E-state index contributed by atoms with van der Waals surface area (Å²) in [5, 5.41) is 12.4. The van der Waals surface area contributed by atoms with Crippen LogP contribution in [-0.4, -0.2) is 41.7 Å². The average Bonchev–Trinajstić information content (AvgIpc) is 2.87. The van der Waals surface area contributed by atoms with Crippen LogP contribution in [0.25, 0.3) is 0 Å². The van der Waals surface area contributed by atoms with Gasteiger partial charge in [0.15, 0.2) is 0 Å². The molecule has 130 valence electrons. The van der Waals surface area contributed by atoms with Crippen molar-refractivity contribution in [3.05, 3.63) is 22.5 Å². The number of aliphatic hydroxyl groups is 1. The molecule has 0 radical (unpaired) electrons. The minimum Gasteiger partial charge on any atom is -0.465 e. The number of aryl methyl sites for hydroxylation is 1. The van der Waals surface area contributed by atoms with Crippen molar-refractivity contribution in [3.8, 4) is 0 Å². The molecular weight excluding hydrogens is 296 g/mol. The molecule has 0 saturated carbocycles. The number of nitrogens with one attached hydrogen (secondary N) is 2. The third-order valence-corrected chi connectivity index (χ3v) is 3.88. The van der Waals surface area contributed by atoms with Gasteiger partial charge in [0.05, 0.1) is 18.8 Å². The fourth-order valence-corrected chi connectivity index (χ4v) is 2.58. The number of H-pyrrole nitrogens is 1. The van der Waals surface area contributed by atoms with Gasteiger partial charge in [-0.1, -0.05) is 20.3 Å². The molecule has 1 heterocycles. The van der Waals surface area contributed by atoms with Crippen LogP contribution in [0.1, 0.15) is 71.6 Å². The van der Waals surface area contributed by atoms with Crippen LogP contribution in [0.3, 0.4) is 0 Å². The van der Waals surface area contributed by atoms with Gasteiger partial charge >= 0.3 is 5.97 Å². The number of rotatable bonds is 9. The maximum Gasteiger partial charge on any atom is 0.339 e. The lowest BCUT2D eigenvalue weighted by Crippen LogP contribution is -2.26. The van der Waals surface area contributed by atoms with E-state index in [1.54, 1.807) is 6.92 Å². The number of methoxy groups -OCH3 is 1. The van der Waals surface area contributed by atoms with E-state index in [9.17, 15) is 14.7 Å². The first kappa shape index (κ1) is 19.2. The van der Waals surface area contributed by atoms with Crippen LogP contribution in [0, 0.1) is 6.92 Å². The summed E-state index contributed by atoms with van der Waals surface area (Å²) < 4.78 is 4.82. The smallest absolute Gasteiger partial charge is 0.339 e. The number of aromatic nitrogens is 1. The quantitative estimate of drug-likeness (QED) is 0.480. The summed E-state index contributed by atoms with van der Waals surface area (Å²) in [4.78, 5) is 27.3. The van der Waals surface area contributed by atoms with E-state index >= 15 is 0 Å². The van der Waals surface area contributed by atoms with E-state index in [0.29, 0.717) is 54.7 Å². The third kappa shape index (κ3) is 5.10. The normalized spacial score (nSPS) is 12.0. The van der Waals surface area contributed by atoms with Crippen LogP contribution in [0.15, 0.2) is 0 Å². The van der Waals surface area contributed by atoms with Crippen molar-refractivity contribution in [1.29, 1.82) is 0 Å². The minimum atomic E-state index is -0.424. The van der Waals surface area contributed by atoms with E-state index < -0.39 is 5.97 Å². The standard InChI is InChI=1S/C17H28N2O4/c1-5-8-13-14(17(22)23-4)11(3)19-15(13)16(21)18-10-7-9-12(20)6-2/h12,19-20H,5-10H2,1-4H3,(H,18,21). The fraction of sp³-hybridized carbons (Fsp3) is 0.647. The molecule has 0 saturated heterocycles. The summed E-state index contributed by atoms with van der Waals surface area (Å²) in [5.41, 5.74) is 2.25. The lowest BCUT2D eigenvalue weighted by Gasteiger charge is -2.09. The van der Waals surface area contributed by atoms with Crippen LogP contribution >= 0.6 is 0 Å². The number of hydrogen-bond donors (Lipinski definition) is 3. The molecule has 0 aliphatic rings. The Kier molecular flexibility index (Phi) is 7.81. The second kappa shape index (κ2) is 9.35. The van der Waals surface area contributed by atoms with Gasteiger partial charge in [0.2, 0.25) is 0 Å². The second-order valence-corrected chi connectivity index (χ2v) is 5.68. The highest BCUT2D eigenvalue weighted by Crippen LogP contribution is 2.21. The van der Waals surface area contributed by atoms with E-state index in [1.807, 2.05) is 13.8 Å². The minimum absolute atomic E-state index is 0.224. The molecule has 0 aromatic carbocycles. The molecule has 6 heteroatoms. The van der Waals surface area contributed by atoms with Crippen molar-refractivity contribution >= 4 is 11.9 Å². The molecule has 3 N–H and O–H groups in total. The Labute approximate surface area is 137 Å². The van der Waals surface area contributed by atoms with E-state index in [-0.39, 0.29) is 12.0 Å². The summed E-state index contributed by atoms with van der Waals surface area (Å²) in [7, 11) is 1.34. The molecule has 23 heavy (non-hydrogen) atoms. The number of carbonyl (C=O) groups excluding carboxylic acids is 2. The highest BCUT2D eigenvalue weighted by atomic mass is 16.5. The van der Waals surface area contributed by atoms with Crippen molar-refractivity contribution in [2.24, 2.45) is 0 Å². The predicted octanol–water partition coefficient (Wildman–Crippen LogP) is 2.34. The van der Waals surface area contributed by atoms with Crippen LogP contribution in [0.2, 0.25) is 0 Å². The molecule has 1 rings (SSSR count). The Hall–Kier alpha value is -1.82. The Morgan fingerprint density at radius 3 is 2.61 bits per heavy atom. The van der Waals surface area contributed by atoms with Crippen LogP contribution < -0.4 is 5.32 Å². The highest BCUT2D eigenvalue weighted by Gasteiger charge is 2.24. The molecule has 0 bridgehead atoms. The molecule has 1 aromatic heterocycles. The van der Waals surface area contributed by atoms with Crippen LogP contribution in [-0.2, 0) is 11.2 Å². The molecule has 1 aromatic rings. The van der Waals surface area contributed by atoms with E-state index in [1.165, 1.54) is 7.11 Å². The number of aliphatic hydroxyl groups excluding tert-OH is 1. The fourth-order valence-electron chi connectivity index (χ4n) is 2.58. The van der Waals surface area contributed by atoms with Gasteiger partial charge < -0.3 is 20.1 Å². The Bertz CT molecular complexity index is 537. The van der Waals surface area contributed by atoms with E-state index in [0.717, 1.165) is 6.42 Å². The number of esters is 1. The number of amides is 1. The van der Waals surface area contributed by atoms with Gasteiger partial charge in [-0.25, -0.2) is 4.79 Å². The molecule has 6 nitrogen and oxygen atoms in total. The van der Waals surface area contributed by atoms with Gasteiger partial charge in [-0.15, -0.1) is 0 Å². The summed E-state index contributed by atoms with van der Waals surface area (Å²) >= 11 is 0. The van der Waals surface area contributed by atoms with Crippen LogP contribution in [0.4, 0.5) is 0 Å². The molecule has 0 fully saturated rings. The monoisotopic (exact) mass is 324 g/mol.